The standard InChI is InChI=1S/C7H13N3S/c8-5-3-1-2-4-6-11-7(9)10/h1-4,6H2,(H3,9,10). The van der Waals surface area contributed by atoms with Gasteiger partial charge >= 0.3 is 0 Å². The van der Waals surface area contributed by atoms with E-state index in [1.54, 1.807) is 0 Å². The van der Waals surface area contributed by atoms with Crippen LogP contribution >= 0.6 is 11.8 Å². The molecule has 0 fully saturated rings. The Bertz CT molecular complexity index is 150. The van der Waals surface area contributed by atoms with E-state index in [-0.39, 0.29) is 5.17 Å². The zero-order valence-electron chi connectivity index (χ0n) is 6.47. The maximum absolute atomic E-state index is 8.20. The van der Waals surface area contributed by atoms with E-state index in [1.165, 1.54) is 11.8 Å². The first-order chi connectivity index (χ1) is 5.27. The highest BCUT2D eigenvalue weighted by molar-refractivity contribution is 8.13. The summed E-state index contributed by atoms with van der Waals surface area (Å²) in [7, 11) is 0. The average molecular weight is 171 g/mol. The Kier molecular flexibility index (Phi) is 6.95. The highest BCUT2D eigenvalue weighted by Gasteiger charge is 1.91. The average Bonchev–Trinajstić information content (AvgIpc) is 1.96. The molecule has 0 saturated carbocycles. The van der Waals surface area contributed by atoms with Crippen LogP contribution in [0.25, 0.3) is 0 Å². The number of nitriles is 1. The smallest absolute Gasteiger partial charge is 0.151 e. The van der Waals surface area contributed by atoms with Crippen molar-refractivity contribution < 1.29 is 0 Å². The maximum atomic E-state index is 8.20. The van der Waals surface area contributed by atoms with Crippen LogP contribution in [-0.4, -0.2) is 10.9 Å². The maximum Gasteiger partial charge on any atom is 0.151 e. The van der Waals surface area contributed by atoms with E-state index in [1.807, 2.05) is 0 Å². The van der Waals surface area contributed by atoms with E-state index in [4.69, 9.17) is 16.4 Å². The number of amidine groups is 1. The highest BCUT2D eigenvalue weighted by atomic mass is 32.2. The Balaban J connectivity index is 2.92. The molecule has 0 heterocycles. The molecule has 0 atom stereocenters. The van der Waals surface area contributed by atoms with Gasteiger partial charge in [0.15, 0.2) is 5.17 Å². The summed E-state index contributed by atoms with van der Waals surface area (Å²) in [5, 5.41) is 15.3. The van der Waals surface area contributed by atoms with Gasteiger partial charge in [0.1, 0.15) is 0 Å². The summed E-state index contributed by atoms with van der Waals surface area (Å²) >= 11 is 1.37. The van der Waals surface area contributed by atoms with Crippen molar-refractivity contribution in [1.29, 1.82) is 10.7 Å². The van der Waals surface area contributed by atoms with Crippen molar-refractivity contribution >= 4 is 16.9 Å². The molecule has 0 amide bonds. The van der Waals surface area contributed by atoms with Gasteiger partial charge in [-0.25, -0.2) is 0 Å². The molecule has 0 aromatic carbocycles. The second kappa shape index (κ2) is 7.42. The lowest BCUT2D eigenvalue weighted by atomic mass is 10.2. The number of unbranched alkanes of at least 4 members (excludes halogenated alkanes) is 3. The van der Waals surface area contributed by atoms with Gasteiger partial charge in [0, 0.05) is 12.2 Å². The minimum Gasteiger partial charge on any atom is -0.379 e. The van der Waals surface area contributed by atoms with Gasteiger partial charge in [-0.1, -0.05) is 18.2 Å². The molecule has 62 valence electrons. The van der Waals surface area contributed by atoms with Crippen LogP contribution in [-0.2, 0) is 0 Å². The lowest BCUT2D eigenvalue weighted by molar-refractivity contribution is 0.740. The minimum atomic E-state index is 0.185. The highest BCUT2D eigenvalue weighted by Crippen LogP contribution is 2.05. The third kappa shape index (κ3) is 9.31. The van der Waals surface area contributed by atoms with Crippen LogP contribution < -0.4 is 5.73 Å². The molecule has 0 radical (unpaired) electrons. The molecule has 0 aromatic heterocycles. The van der Waals surface area contributed by atoms with Gasteiger partial charge in [0.05, 0.1) is 6.07 Å². The molecule has 0 unspecified atom stereocenters. The van der Waals surface area contributed by atoms with Crippen LogP contribution in [0.2, 0.25) is 0 Å². The molecular weight excluding hydrogens is 158 g/mol. The van der Waals surface area contributed by atoms with Crippen LogP contribution in [0.15, 0.2) is 0 Å². The first-order valence-corrected chi connectivity index (χ1v) is 4.59. The molecule has 4 heteroatoms. The van der Waals surface area contributed by atoms with Gasteiger partial charge in [-0.3, -0.25) is 5.41 Å². The lowest BCUT2D eigenvalue weighted by Gasteiger charge is -1.96. The van der Waals surface area contributed by atoms with Gasteiger partial charge in [-0.05, 0) is 12.8 Å². The fourth-order valence-corrected chi connectivity index (χ4v) is 1.23. The van der Waals surface area contributed by atoms with Crippen LogP contribution in [0.4, 0.5) is 0 Å². The molecule has 3 nitrogen and oxygen atoms in total. The molecule has 0 aliphatic rings. The van der Waals surface area contributed by atoms with Crippen LogP contribution in [0, 0.1) is 16.7 Å². The van der Waals surface area contributed by atoms with Crippen LogP contribution in [0.3, 0.4) is 0 Å². The first-order valence-electron chi connectivity index (χ1n) is 3.61. The Morgan fingerprint density at radius 2 is 2.18 bits per heavy atom. The molecule has 3 N–H and O–H groups in total. The van der Waals surface area contributed by atoms with E-state index < -0.39 is 0 Å². The zero-order chi connectivity index (χ0) is 8.53. The van der Waals surface area contributed by atoms with E-state index in [0.29, 0.717) is 6.42 Å². The Hall–Kier alpha value is -0.690. The number of nitrogens with two attached hydrogens (primary N) is 1. The predicted octanol–water partition coefficient (Wildman–Crippen LogP) is 1.70. The van der Waals surface area contributed by atoms with Crippen LogP contribution in [0.1, 0.15) is 25.7 Å². The second-order valence-corrected chi connectivity index (χ2v) is 3.32. The molecular formula is C7H13N3S. The number of rotatable bonds is 5. The summed E-state index contributed by atoms with van der Waals surface area (Å²) in [5.41, 5.74) is 5.13. The fourth-order valence-electron chi connectivity index (χ4n) is 0.665. The van der Waals surface area contributed by atoms with E-state index in [9.17, 15) is 0 Å². The Morgan fingerprint density at radius 1 is 1.45 bits per heavy atom. The van der Waals surface area contributed by atoms with E-state index in [0.717, 1.165) is 25.0 Å². The summed E-state index contributed by atoms with van der Waals surface area (Å²) in [6.07, 6.45) is 3.72. The Morgan fingerprint density at radius 3 is 2.73 bits per heavy atom. The summed E-state index contributed by atoms with van der Waals surface area (Å²) in [5.74, 6) is 0.904. The third-order valence-corrected chi connectivity index (χ3v) is 1.99. The molecule has 0 aromatic rings. The van der Waals surface area contributed by atoms with Crippen LogP contribution in [0.5, 0.6) is 0 Å². The molecule has 0 bridgehead atoms. The van der Waals surface area contributed by atoms with Crippen molar-refractivity contribution in [2.75, 3.05) is 5.75 Å². The number of nitrogens with one attached hydrogen (secondary N) is 1. The minimum absolute atomic E-state index is 0.185. The molecule has 0 rings (SSSR count). The van der Waals surface area contributed by atoms with Crippen molar-refractivity contribution in [3.63, 3.8) is 0 Å². The molecule has 0 aliphatic heterocycles. The van der Waals surface area contributed by atoms with Gasteiger partial charge in [0.25, 0.3) is 0 Å². The summed E-state index contributed by atoms with van der Waals surface area (Å²) in [6.45, 7) is 0. The third-order valence-electron chi connectivity index (χ3n) is 1.19. The summed E-state index contributed by atoms with van der Waals surface area (Å²) in [4.78, 5) is 0. The van der Waals surface area contributed by atoms with Gasteiger partial charge in [-0.15, -0.1) is 0 Å². The quantitative estimate of drug-likeness (QED) is 0.375. The molecule has 11 heavy (non-hydrogen) atoms. The normalized spacial score (nSPS) is 9.00. The van der Waals surface area contributed by atoms with Crippen molar-refractivity contribution in [3.8, 4) is 6.07 Å². The SMILES string of the molecule is N#CCCCCCSC(=N)N. The lowest BCUT2D eigenvalue weighted by Crippen LogP contribution is -2.04. The van der Waals surface area contributed by atoms with Crippen molar-refractivity contribution in [3.05, 3.63) is 0 Å². The number of thioether (sulfide) groups is 1. The molecule has 0 saturated heterocycles. The number of hydrogen-bond donors (Lipinski definition) is 2. The molecule has 0 spiro atoms. The Labute approximate surface area is 71.5 Å². The van der Waals surface area contributed by atoms with E-state index >= 15 is 0 Å². The fraction of sp³-hybridized carbons (Fsp3) is 0.714. The number of nitrogens with zero attached hydrogens (tertiary/aromatic N) is 1. The largest absolute Gasteiger partial charge is 0.379 e. The molecule has 0 aliphatic carbocycles. The van der Waals surface area contributed by atoms with Gasteiger partial charge < -0.3 is 5.73 Å². The van der Waals surface area contributed by atoms with Crippen molar-refractivity contribution in [2.45, 2.75) is 25.7 Å². The van der Waals surface area contributed by atoms with E-state index in [2.05, 4.69) is 6.07 Å². The summed E-state index contributed by atoms with van der Waals surface area (Å²) in [6, 6.07) is 2.09. The second-order valence-electron chi connectivity index (χ2n) is 2.18. The van der Waals surface area contributed by atoms with Crippen molar-refractivity contribution in [2.24, 2.45) is 5.73 Å². The topological polar surface area (TPSA) is 73.7 Å². The first kappa shape index (κ1) is 10.3. The monoisotopic (exact) mass is 171 g/mol. The van der Waals surface area contributed by atoms with Gasteiger partial charge in [0.2, 0.25) is 0 Å². The van der Waals surface area contributed by atoms with Crippen molar-refractivity contribution in [1.82, 2.24) is 0 Å². The van der Waals surface area contributed by atoms with Gasteiger partial charge in [-0.2, -0.15) is 5.26 Å². The zero-order valence-corrected chi connectivity index (χ0v) is 7.28. The predicted molar refractivity (Wildman–Crippen MR) is 48.5 cm³/mol. The number of hydrogen-bond acceptors (Lipinski definition) is 3. The summed E-state index contributed by atoms with van der Waals surface area (Å²) < 4.78 is 0.